The van der Waals surface area contributed by atoms with Crippen LogP contribution < -0.4 is 14.8 Å². The van der Waals surface area contributed by atoms with Gasteiger partial charge >= 0.3 is 0 Å². The van der Waals surface area contributed by atoms with E-state index in [0.717, 1.165) is 35.6 Å². The number of nitrogens with one attached hydrogen (secondary N) is 2. The van der Waals surface area contributed by atoms with Crippen molar-refractivity contribution >= 4 is 21.7 Å². The molecule has 0 heterocycles. The van der Waals surface area contributed by atoms with Crippen LogP contribution in [0.5, 0.6) is 5.75 Å². The van der Waals surface area contributed by atoms with Gasteiger partial charge in [-0.1, -0.05) is 30.3 Å². The lowest BCUT2D eigenvalue weighted by atomic mass is 10.2. The Morgan fingerprint density at radius 2 is 1.82 bits per heavy atom. The monoisotopic (exact) mass is 404 g/mol. The standard InChI is InChI=1S/C20H28N4O3S/c1-5-21-20(24(2)15-16-10-12-18(27-3)13-11-16)22-14-17-8-6-7-9-19(17)23-28(4,25)26/h6-13,23H,5,14-15H2,1-4H3,(H,21,22). The van der Waals surface area contributed by atoms with Gasteiger partial charge in [-0.05, 0) is 36.2 Å². The Hall–Kier alpha value is -2.74. The fraction of sp³-hybridized carbons (Fsp3) is 0.350. The average Bonchev–Trinajstić information content (AvgIpc) is 2.65. The highest BCUT2D eigenvalue weighted by Crippen LogP contribution is 2.18. The summed E-state index contributed by atoms with van der Waals surface area (Å²) in [6.07, 6.45) is 1.14. The van der Waals surface area contributed by atoms with Gasteiger partial charge in [0.05, 0.1) is 25.6 Å². The molecule has 0 saturated carbocycles. The molecule has 0 aromatic heterocycles. The minimum atomic E-state index is -3.35. The van der Waals surface area contributed by atoms with E-state index in [1.165, 1.54) is 0 Å². The Bertz CT molecular complexity index is 896. The molecule has 0 bridgehead atoms. The number of aliphatic imine (C=N–C) groups is 1. The van der Waals surface area contributed by atoms with Crippen molar-refractivity contribution in [1.82, 2.24) is 10.2 Å². The van der Waals surface area contributed by atoms with Gasteiger partial charge in [-0.25, -0.2) is 13.4 Å². The Morgan fingerprint density at radius 3 is 2.43 bits per heavy atom. The summed E-state index contributed by atoms with van der Waals surface area (Å²) < 4.78 is 30.9. The van der Waals surface area contributed by atoms with Crippen LogP contribution in [0.25, 0.3) is 0 Å². The first-order valence-corrected chi connectivity index (χ1v) is 10.9. The summed E-state index contributed by atoms with van der Waals surface area (Å²) in [5.41, 5.74) is 2.48. The molecule has 2 rings (SSSR count). The van der Waals surface area contributed by atoms with E-state index in [1.807, 2.05) is 55.3 Å². The van der Waals surface area contributed by atoms with Gasteiger partial charge in [0, 0.05) is 20.1 Å². The van der Waals surface area contributed by atoms with Crippen LogP contribution in [-0.4, -0.2) is 46.2 Å². The third-order valence-electron chi connectivity index (χ3n) is 3.99. The first kappa shape index (κ1) is 21.6. The SMILES string of the molecule is CCNC(=NCc1ccccc1NS(C)(=O)=O)N(C)Cc1ccc(OC)cc1. The number of ether oxygens (including phenoxy) is 1. The molecule has 7 nitrogen and oxygen atoms in total. The third kappa shape index (κ3) is 6.77. The average molecular weight is 405 g/mol. The molecular formula is C20H28N4O3S. The zero-order chi connectivity index (χ0) is 20.6. The number of guanidine groups is 1. The predicted molar refractivity (Wildman–Crippen MR) is 114 cm³/mol. The zero-order valence-corrected chi connectivity index (χ0v) is 17.6. The number of benzene rings is 2. The van der Waals surface area contributed by atoms with Crippen LogP contribution in [0.15, 0.2) is 53.5 Å². The number of hydrogen-bond acceptors (Lipinski definition) is 4. The van der Waals surface area contributed by atoms with Crippen LogP contribution >= 0.6 is 0 Å². The molecule has 0 saturated heterocycles. The second-order valence-electron chi connectivity index (χ2n) is 6.41. The minimum Gasteiger partial charge on any atom is -0.497 e. The first-order valence-electron chi connectivity index (χ1n) is 9.00. The molecule has 0 spiro atoms. The number of nitrogens with zero attached hydrogens (tertiary/aromatic N) is 2. The highest BCUT2D eigenvalue weighted by molar-refractivity contribution is 7.92. The summed E-state index contributed by atoms with van der Waals surface area (Å²) >= 11 is 0. The topological polar surface area (TPSA) is 83.0 Å². The summed E-state index contributed by atoms with van der Waals surface area (Å²) in [5, 5.41) is 3.28. The van der Waals surface area contributed by atoms with Crippen LogP contribution in [-0.2, 0) is 23.1 Å². The lowest BCUT2D eigenvalue weighted by Gasteiger charge is -2.22. The number of anilines is 1. The minimum absolute atomic E-state index is 0.355. The smallest absolute Gasteiger partial charge is 0.229 e. The number of sulfonamides is 1. The lowest BCUT2D eigenvalue weighted by molar-refractivity contribution is 0.414. The van der Waals surface area contributed by atoms with Gasteiger partial charge in [-0.2, -0.15) is 0 Å². The molecule has 2 aromatic carbocycles. The van der Waals surface area contributed by atoms with E-state index in [1.54, 1.807) is 19.2 Å². The van der Waals surface area contributed by atoms with E-state index >= 15 is 0 Å². The second-order valence-corrected chi connectivity index (χ2v) is 8.15. The molecule has 0 aliphatic rings. The van der Waals surface area contributed by atoms with Gasteiger partial charge in [0.15, 0.2) is 5.96 Å². The fourth-order valence-electron chi connectivity index (χ4n) is 2.67. The van der Waals surface area contributed by atoms with Crippen molar-refractivity contribution < 1.29 is 13.2 Å². The number of para-hydroxylation sites is 1. The Morgan fingerprint density at radius 1 is 1.14 bits per heavy atom. The van der Waals surface area contributed by atoms with Crippen molar-refractivity contribution in [3.63, 3.8) is 0 Å². The van der Waals surface area contributed by atoms with Crippen molar-refractivity contribution in [3.8, 4) is 5.75 Å². The third-order valence-corrected chi connectivity index (χ3v) is 4.58. The number of rotatable bonds is 8. The summed E-state index contributed by atoms with van der Waals surface area (Å²) in [4.78, 5) is 6.70. The maximum Gasteiger partial charge on any atom is 0.229 e. The largest absolute Gasteiger partial charge is 0.497 e. The molecule has 0 aliphatic heterocycles. The number of methoxy groups -OCH3 is 1. The Labute approximate surface area is 167 Å². The maximum atomic E-state index is 11.6. The normalized spacial score (nSPS) is 11.8. The van der Waals surface area contributed by atoms with Gasteiger partial charge in [-0.15, -0.1) is 0 Å². The van der Waals surface area contributed by atoms with E-state index in [0.29, 0.717) is 18.8 Å². The van der Waals surface area contributed by atoms with Gasteiger partial charge in [0.1, 0.15) is 5.75 Å². The van der Waals surface area contributed by atoms with Gasteiger partial charge in [-0.3, -0.25) is 4.72 Å². The van der Waals surface area contributed by atoms with Crippen molar-refractivity contribution in [2.45, 2.75) is 20.0 Å². The molecule has 0 fully saturated rings. The van der Waals surface area contributed by atoms with Gasteiger partial charge in [0.25, 0.3) is 0 Å². The van der Waals surface area contributed by atoms with Crippen LogP contribution in [0, 0.1) is 0 Å². The van der Waals surface area contributed by atoms with E-state index < -0.39 is 10.0 Å². The van der Waals surface area contributed by atoms with E-state index in [-0.39, 0.29) is 0 Å². The fourth-order valence-corrected chi connectivity index (χ4v) is 3.27. The van der Waals surface area contributed by atoms with E-state index in [2.05, 4.69) is 15.0 Å². The Kier molecular flexibility index (Phi) is 7.69. The van der Waals surface area contributed by atoms with Crippen molar-refractivity contribution in [1.29, 1.82) is 0 Å². The molecule has 8 heteroatoms. The predicted octanol–water partition coefficient (Wildman–Crippen LogP) is 2.66. The molecule has 28 heavy (non-hydrogen) atoms. The first-order chi connectivity index (χ1) is 13.3. The summed E-state index contributed by atoms with van der Waals surface area (Å²) in [6.45, 7) is 3.78. The molecular weight excluding hydrogens is 376 g/mol. The van der Waals surface area contributed by atoms with Crippen LogP contribution in [0.2, 0.25) is 0 Å². The van der Waals surface area contributed by atoms with Crippen LogP contribution in [0.3, 0.4) is 0 Å². The van der Waals surface area contributed by atoms with E-state index in [4.69, 9.17) is 4.74 Å². The van der Waals surface area contributed by atoms with Crippen LogP contribution in [0.1, 0.15) is 18.1 Å². The summed E-state index contributed by atoms with van der Waals surface area (Å²) in [5.74, 6) is 1.56. The quantitative estimate of drug-likeness (QED) is 0.522. The molecule has 0 amide bonds. The maximum absolute atomic E-state index is 11.6. The van der Waals surface area contributed by atoms with E-state index in [9.17, 15) is 8.42 Å². The lowest BCUT2D eigenvalue weighted by Crippen LogP contribution is -2.38. The summed E-state index contributed by atoms with van der Waals surface area (Å²) in [6, 6.07) is 15.2. The molecule has 0 unspecified atom stereocenters. The highest BCUT2D eigenvalue weighted by Gasteiger charge is 2.09. The highest BCUT2D eigenvalue weighted by atomic mass is 32.2. The molecule has 152 valence electrons. The summed E-state index contributed by atoms with van der Waals surface area (Å²) in [7, 11) is 0.265. The Balaban J connectivity index is 2.15. The molecule has 0 aliphatic carbocycles. The molecule has 2 aromatic rings. The molecule has 2 N–H and O–H groups in total. The van der Waals surface area contributed by atoms with Crippen molar-refractivity contribution in [2.24, 2.45) is 4.99 Å². The molecule has 0 atom stereocenters. The van der Waals surface area contributed by atoms with Crippen molar-refractivity contribution in [3.05, 3.63) is 59.7 Å². The second kappa shape index (κ2) is 9.98. The van der Waals surface area contributed by atoms with Crippen molar-refractivity contribution in [2.75, 3.05) is 31.7 Å². The zero-order valence-electron chi connectivity index (χ0n) is 16.8. The number of hydrogen-bond donors (Lipinski definition) is 2. The van der Waals surface area contributed by atoms with Crippen LogP contribution in [0.4, 0.5) is 5.69 Å². The van der Waals surface area contributed by atoms with Gasteiger partial charge in [0.2, 0.25) is 10.0 Å². The molecule has 0 radical (unpaired) electrons. The van der Waals surface area contributed by atoms with Gasteiger partial charge < -0.3 is 15.0 Å².